The fourth-order valence-corrected chi connectivity index (χ4v) is 3.43. The summed E-state index contributed by atoms with van der Waals surface area (Å²) in [5.74, 6) is 1.39. The van der Waals surface area contributed by atoms with Gasteiger partial charge in [-0.2, -0.15) is 0 Å². The standard InChI is InChI=1S/C13H14Br2O3/c1-6-9(14)11(18-4)8-7(10(6)17-3)5-13(2,15)12(8)16/h5H2,1-4H3. The summed E-state index contributed by atoms with van der Waals surface area (Å²) in [5, 5.41) is 0. The Morgan fingerprint density at radius 2 is 1.78 bits per heavy atom. The van der Waals surface area contributed by atoms with E-state index in [-0.39, 0.29) is 5.78 Å². The zero-order chi connectivity index (χ0) is 13.7. The second-order valence-electron chi connectivity index (χ2n) is 4.56. The Morgan fingerprint density at radius 1 is 1.22 bits per heavy atom. The van der Waals surface area contributed by atoms with Crippen molar-refractivity contribution in [3.63, 3.8) is 0 Å². The average Bonchev–Trinajstić information content (AvgIpc) is 2.54. The van der Waals surface area contributed by atoms with Crippen LogP contribution in [-0.2, 0) is 6.42 Å². The van der Waals surface area contributed by atoms with Crippen LogP contribution in [0.5, 0.6) is 11.5 Å². The molecule has 0 aliphatic heterocycles. The second-order valence-corrected chi connectivity index (χ2v) is 7.11. The molecule has 1 atom stereocenters. The van der Waals surface area contributed by atoms with Crippen molar-refractivity contribution in [2.24, 2.45) is 0 Å². The number of rotatable bonds is 2. The normalized spacial score (nSPS) is 22.0. The summed E-state index contributed by atoms with van der Waals surface area (Å²) in [7, 11) is 3.19. The Hall–Kier alpha value is -0.550. The van der Waals surface area contributed by atoms with Gasteiger partial charge in [-0.25, -0.2) is 0 Å². The summed E-state index contributed by atoms with van der Waals surface area (Å²) < 4.78 is 11.0. The molecule has 0 radical (unpaired) electrons. The number of ether oxygens (including phenoxy) is 2. The summed E-state index contributed by atoms with van der Waals surface area (Å²) in [6.45, 7) is 3.82. The van der Waals surface area contributed by atoms with E-state index in [0.29, 0.717) is 17.7 Å². The van der Waals surface area contributed by atoms with E-state index in [1.165, 1.54) is 0 Å². The lowest BCUT2D eigenvalue weighted by molar-refractivity contribution is 0.0965. The number of hydrogen-bond donors (Lipinski definition) is 0. The van der Waals surface area contributed by atoms with Crippen molar-refractivity contribution in [3.8, 4) is 11.5 Å². The number of methoxy groups -OCH3 is 2. The number of halogens is 2. The van der Waals surface area contributed by atoms with Gasteiger partial charge in [-0.05, 0) is 36.2 Å². The Morgan fingerprint density at radius 3 is 2.28 bits per heavy atom. The molecule has 0 fully saturated rings. The minimum atomic E-state index is -0.580. The summed E-state index contributed by atoms with van der Waals surface area (Å²) in [5.41, 5.74) is 2.48. The first-order chi connectivity index (χ1) is 8.35. The molecule has 1 aliphatic carbocycles. The Labute approximate surface area is 123 Å². The van der Waals surface area contributed by atoms with Crippen molar-refractivity contribution in [2.75, 3.05) is 14.2 Å². The van der Waals surface area contributed by atoms with Crippen LogP contribution in [0.3, 0.4) is 0 Å². The summed E-state index contributed by atoms with van der Waals surface area (Å²) >= 11 is 6.97. The largest absolute Gasteiger partial charge is 0.496 e. The van der Waals surface area contributed by atoms with Crippen LogP contribution in [0.2, 0.25) is 0 Å². The van der Waals surface area contributed by atoms with Crippen LogP contribution in [-0.4, -0.2) is 24.3 Å². The molecular formula is C13H14Br2O3. The predicted molar refractivity (Wildman–Crippen MR) is 77.3 cm³/mol. The molecule has 3 nitrogen and oxygen atoms in total. The molecule has 0 heterocycles. The first-order valence-corrected chi connectivity index (χ1v) is 7.10. The molecule has 1 unspecified atom stereocenters. The number of carbonyl (C=O) groups is 1. The lowest BCUT2D eigenvalue weighted by Crippen LogP contribution is -2.23. The van der Waals surface area contributed by atoms with Crippen molar-refractivity contribution in [3.05, 3.63) is 21.2 Å². The zero-order valence-corrected chi connectivity index (χ0v) is 13.9. The van der Waals surface area contributed by atoms with E-state index in [1.807, 2.05) is 13.8 Å². The van der Waals surface area contributed by atoms with Gasteiger partial charge in [0, 0.05) is 11.1 Å². The van der Waals surface area contributed by atoms with Gasteiger partial charge in [0.25, 0.3) is 0 Å². The fraction of sp³-hybridized carbons (Fsp3) is 0.462. The van der Waals surface area contributed by atoms with E-state index >= 15 is 0 Å². The van der Waals surface area contributed by atoms with Crippen LogP contribution >= 0.6 is 31.9 Å². The van der Waals surface area contributed by atoms with Gasteiger partial charge in [0.2, 0.25) is 0 Å². The van der Waals surface area contributed by atoms with E-state index in [2.05, 4.69) is 31.9 Å². The minimum Gasteiger partial charge on any atom is -0.496 e. The molecule has 0 saturated carbocycles. The molecule has 0 aromatic heterocycles. The number of fused-ring (bicyclic) bond motifs is 1. The molecule has 0 N–H and O–H groups in total. The third kappa shape index (κ3) is 1.79. The number of Topliss-reactive ketones (excluding diaryl/α,β-unsaturated/α-hetero) is 1. The quantitative estimate of drug-likeness (QED) is 0.737. The Bertz CT molecular complexity index is 536. The van der Waals surface area contributed by atoms with Crippen molar-refractivity contribution < 1.29 is 14.3 Å². The second kappa shape index (κ2) is 4.53. The van der Waals surface area contributed by atoms with E-state index in [0.717, 1.165) is 21.3 Å². The highest BCUT2D eigenvalue weighted by Gasteiger charge is 2.44. The maximum Gasteiger partial charge on any atom is 0.183 e. The van der Waals surface area contributed by atoms with Crippen LogP contribution in [0.25, 0.3) is 0 Å². The van der Waals surface area contributed by atoms with E-state index in [1.54, 1.807) is 14.2 Å². The first-order valence-electron chi connectivity index (χ1n) is 5.51. The monoisotopic (exact) mass is 376 g/mol. The van der Waals surface area contributed by atoms with Crippen LogP contribution < -0.4 is 9.47 Å². The van der Waals surface area contributed by atoms with Crippen LogP contribution in [0.15, 0.2) is 4.47 Å². The van der Waals surface area contributed by atoms with Crippen LogP contribution in [0.1, 0.15) is 28.4 Å². The molecule has 1 aromatic rings. The van der Waals surface area contributed by atoms with Gasteiger partial charge < -0.3 is 9.47 Å². The lowest BCUT2D eigenvalue weighted by atomic mass is 10.0. The number of ketones is 1. The van der Waals surface area contributed by atoms with E-state index < -0.39 is 4.32 Å². The number of benzene rings is 1. The van der Waals surface area contributed by atoms with E-state index in [4.69, 9.17) is 9.47 Å². The highest BCUT2D eigenvalue weighted by Crippen LogP contribution is 2.49. The van der Waals surface area contributed by atoms with E-state index in [9.17, 15) is 4.79 Å². The van der Waals surface area contributed by atoms with Gasteiger partial charge in [-0.3, -0.25) is 4.79 Å². The summed E-state index contributed by atoms with van der Waals surface area (Å²) in [6, 6.07) is 0. The molecule has 98 valence electrons. The van der Waals surface area contributed by atoms with Gasteiger partial charge in [-0.1, -0.05) is 15.9 Å². The number of alkyl halides is 1. The van der Waals surface area contributed by atoms with Crippen molar-refractivity contribution >= 4 is 37.6 Å². The van der Waals surface area contributed by atoms with Gasteiger partial charge in [0.05, 0.1) is 28.6 Å². The SMILES string of the molecule is COc1c(C)c(Br)c(OC)c2c1CC(C)(Br)C2=O. The van der Waals surface area contributed by atoms with Crippen molar-refractivity contribution in [1.82, 2.24) is 0 Å². The molecule has 0 saturated heterocycles. The molecular weight excluding hydrogens is 364 g/mol. The van der Waals surface area contributed by atoms with Gasteiger partial charge in [0.15, 0.2) is 5.78 Å². The topological polar surface area (TPSA) is 35.5 Å². The molecule has 0 bridgehead atoms. The number of carbonyl (C=O) groups excluding carboxylic acids is 1. The maximum absolute atomic E-state index is 12.4. The lowest BCUT2D eigenvalue weighted by Gasteiger charge is -2.16. The predicted octanol–water partition coefficient (Wildman–Crippen LogP) is 3.67. The zero-order valence-electron chi connectivity index (χ0n) is 10.7. The third-order valence-corrected chi connectivity index (χ3v) is 4.88. The van der Waals surface area contributed by atoms with Crippen LogP contribution in [0, 0.1) is 6.92 Å². The van der Waals surface area contributed by atoms with Gasteiger partial charge in [0.1, 0.15) is 11.5 Å². The summed E-state index contributed by atoms with van der Waals surface area (Å²) in [4.78, 5) is 12.4. The summed E-state index contributed by atoms with van der Waals surface area (Å²) in [6.07, 6.45) is 0.606. The maximum atomic E-state index is 12.4. The molecule has 0 spiro atoms. The minimum absolute atomic E-state index is 0.0355. The van der Waals surface area contributed by atoms with Gasteiger partial charge >= 0.3 is 0 Å². The smallest absolute Gasteiger partial charge is 0.183 e. The van der Waals surface area contributed by atoms with Crippen molar-refractivity contribution in [1.29, 1.82) is 0 Å². The number of hydrogen-bond acceptors (Lipinski definition) is 3. The van der Waals surface area contributed by atoms with Crippen LogP contribution in [0.4, 0.5) is 0 Å². The fourth-order valence-electron chi connectivity index (χ4n) is 2.41. The molecule has 1 aromatic carbocycles. The van der Waals surface area contributed by atoms with Gasteiger partial charge in [-0.15, -0.1) is 0 Å². The first kappa shape index (κ1) is 13.9. The average molecular weight is 378 g/mol. The highest BCUT2D eigenvalue weighted by molar-refractivity contribution is 9.10. The molecule has 5 heteroatoms. The Kier molecular flexibility index (Phi) is 3.49. The molecule has 18 heavy (non-hydrogen) atoms. The van der Waals surface area contributed by atoms with Crippen molar-refractivity contribution in [2.45, 2.75) is 24.6 Å². The highest BCUT2D eigenvalue weighted by atomic mass is 79.9. The molecule has 2 rings (SSSR count). The molecule has 1 aliphatic rings. The molecule has 0 amide bonds. The Balaban J connectivity index is 2.83. The third-order valence-electron chi connectivity index (χ3n) is 3.29.